The molecule has 0 amide bonds. The number of carbonyl (C=O) groups is 1. The van der Waals surface area contributed by atoms with Gasteiger partial charge in [-0.3, -0.25) is 0 Å². The van der Waals surface area contributed by atoms with Crippen LogP contribution < -0.4 is 0 Å². The second-order valence-electron chi connectivity index (χ2n) is 3.28. The molecule has 86 valence electrons. The van der Waals surface area contributed by atoms with E-state index < -0.39 is 17.5 Å². The van der Waals surface area contributed by atoms with Crippen LogP contribution in [-0.2, 0) is 4.79 Å². The molecule has 0 saturated carbocycles. The smallest absolute Gasteiger partial charge is 0.136 e. The lowest BCUT2D eigenvalue weighted by atomic mass is 10.1. The fourth-order valence-corrected chi connectivity index (χ4v) is 1.23. The zero-order valence-corrected chi connectivity index (χ0v) is 8.55. The number of allylic oxidation sites excluding steroid dienone is 1. The van der Waals surface area contributed by atoms with Gasteiger partial charge in [0.2, 0.25) is 0 Å². The van der Waals surface area contributed by atoms with Crippen LogP contribution in [0, 0.1) is 17.5 Å². The van der Waals surface area contributed by atoms with Gasteiger partial charge in [0.15, 0.2) is 0 Å². The van der Waals surface area contributed by atoms with E-state index >= 15 is 0 Å². The minimum Gasteiger partial charge on any atom is -0.303 e. The molecule has 0 fully saturated rings. The van der Waals surface area contributed by atoms with E-state index in [1.807, 2.05) is 0 Å². The maximum Gasteiger partial charge on any atom is 0.136 e. The summed E-state index contributed by atoms with van der Waals surface area (Å²) >= 11 is 0. The first-order valence-electron chi connectivity index (χ1n) is 4.90. The highest BCUT2D eigenvalue weighted by molar-refractivity contribution is 5.51. The van der Waals surface area contributed by atoms with Crippen molar-refractivity contribution >= 4 is 12.4 Å². The molecule has 0 aliphatic carbocycles. The quantitative estimate of drug-likeness (QED) is 0.557. The molecular formula is C12H11F3O. The van der Waals surface area contributed by atoms with Crippen LogP contribution in [0.4, 0.5) is 13.2 Å². The molecule has 0 unspecified atom stereocenters. The van der Waals surface area contributed by atoms with Gasteiger partial charge in [0.25, 0.3) is 0 Å². The van der Waals surface area contributed by atoms with Crippen LogP contribution in [0.5, 0.6) is 0 Å². The van der Waals surface area contributed by atoms with Crippen molar-refractivity contribution in [1.82, 2.24) is 0 Å². The van der Waals surface area contributed by atoms with E-state index in [-0.39, 0.29) is 5.56 Å². The Morgan fingerprint density at radius 2 is 1.69 bits per heavy atom. The van der Waals surface area contributed by atoms with Gasteiger partial charge in [0.1, 0.15) is 23.7 Å². The first kappa shape index (κ1) is 12.5. The molecular weight excluding hydrogens is 217 g/mol. The molecule has 0 heterocycles. The average Bonchev–Trinajstić information content (AvgIpc) is 2.20. The summed E-state index contributed by atoms with van der Waals surface area (Å²) in [7, 11) is 0. The molecule has 1 rings (SSSR count). The van der Waals surface area contributed by atoms with Crippen LogP contribution >= 0.6 is 0 Å². The predicted octanol–water partition coefficient (Wildman–Crippen LogP) is 3.49. The molecule has 0 spiro atoms. The molecule has 1 nitrogen and oxygen atoms in total. The Kier molecular flexibility index (Phi) is 4.76. The number of unbranched alkanes of at least 4 members (excludes halogenated alkanes) is 2. The summed E-state index contributed by atoms with van der Waals surface area (Å²) in [5.41, 5.74) is -0.257. The van der Waals surface area contributed by atoms with Crippen LogP contribution in [0.15, 0.2) is 18.2 Å². The Labute approximate surface area is 91.6 Å². The fourth-order valence-electron chi connectivity index (χ4n) is 1.23. The standard InChI is InChI=1S/C12H11F3O/c13-9-7-11(14)10(12(15)8-9)5-3-1-2-4-6-16/h3,5-8H,1-2,4H2. The van der Waals surface area contributed by atoms with E-state index in [0.717, 1.165) is 6.29 Å². The van der Waals surface area contributed by atoms with Crippen molar-refractivity contribution in [3.05, 3.63) is 41.2 Å². The number of aldehydes is 1. The summed E-state index contributed by atoms with van der Waals surface area (Å²) < 4.78 is 38.8. The van der Waals surface area contributed by atoms with E-state index in [0.29, 0.717) is 31.4 Å². The minimum atomic E-state index is -0.937. The minimum absolute atomic E-state index is 0.257. The van der Waals surface area contributed by atoms with Gasteiger partial charge in [0.05, 0.1) is 0 Å². The monoisotopic (exact) mass is 228 g/mol. The van der Waals surface area contributed by atoms with E-state index in [2.05, 4.69) is 0 Å². The maximum atomic E-state index is 13.1. The lowest BCUT2D eigenvalue weighted by Crippen LogP contribution is -1.90. The topological polar surface area (TPSA) is 17.1 Å². The van der Waals surface area contributed by atoms with Crippen LogP contribution in [0.1, 0.15) is 24.8 Å². The van der Waals surface area contributed by atoms with Crippen molar-refractivity contribution < 1.29 is 18.0 Å². The van der Waals surface area contributed by atoms with E-state index in [4.69, 9.17) is 0 Å². The first-order chi connectivity index (χ1) is 7.65. The Balaban J connectivity index is 2.69. The van der Waals surface area contributed by atoms with Gasteiger partial charge in [-0.25, -0.2) is 13.2 Å². The molecule has 0 atom stereocenters. The molecule has 0 N–H and O–H groups in total. The second-order valence-corrected chi connectivity index (χ2v) is 3.28. The zero-order valence-electron chi connectivity index (χ0n) is 8.55. The van der Waals surface area contributed by atoms with Crippen LogP contribution in [0.25, 0.3) is 6.08 Å². The Morgan fingerprint density at radius 3 is 2.25 bits per heavy atom. The molecule has 4 heteroatoms. The molecule has 0 bridgehead atoms. The SMILES string of the molecule is O=CCCCC=Cc1c(F)cc(F)cc1F. The number of halogens is 3. The highest BCUT2D eigenvalue weighted by Gasteiger charge is 2.07. The summed E-state index contributed by atoms with van der Waals surface area (Å²) in [6.45, 7) is 0. The number of benzene rings is 1. The van der Waals surface area contributed by atoms with E-state index in [1.54, 1.807) is 6.08 Å². The third-order valence-corrected chi connectivity index (χ3v) is 2.02. The van der Waals surface area contributed by atoms with Crippen molar-refractivity contribution in [3.63, 3.8) is 0 Å². The predicted molar refractivity (Wildman–Crippen MR) is 55.3 cm³/mol. The zero-order chi connectivity index (χ0) is 12.0. The third-order valence-electron chi connectivity index (χ3n) is 2.02. The number of hydrogen-bond donors (Lipinski definition) is 0. The summed E-state index contributed by atoms with van der Waals surface area (Å²) in [5, 5.41) is 0. The van der Waals surface area contributed by atoms with Gasteiger partial charge < -0.3 is 4.79 Å². The Morgan fingerprint density at radius 1 is 1.06 bits per heavy atom. The summed E-state index contributed by atoms with van der Waals surface area (Å²) in [5.74, 6) is -2.79. The van der Waals surface area contributed by atoms with Gasteiger partial charge in [0, 0.05) is 24.1 Å². The molecule has 1 aromatic rings. The van der Waals surface area contributed by atoms with Gasteiger partial charge in [-0.15, -0.1) is 0 Å². The molecule has 0 aromatic heterocycles. The van der Waals surface area contributed by atoms with Gasteiger partial charge in [-0.2, -0.15) is 0 Å². The number of rotatable bonds is 5. The average molecular weight is 228 g/mol. The lowest BCUT2D eigenvalue weighted by molar-refractivity contribution is -0.107. The highest BCUT2D eigenvalue weighted by atomic mass is 19.1. The second kappa shape index (κ2) is 6.10. The van der Waals surface area contributed by atoms with Crippen LogP contribution in [-0.4, -0.2) is 6.29 Å². The van der Waals surface area contributed by atoms with E-state index in [9.17, 15) is 18.0 Å². The molecule has 0 saturated heterocycles. The van der Waals surface area contributed by atoms with Crippen molar-refractivity contribution in [2.45, 2.75) is 19.3 Å². The highest BCUT2D eigenvalue weighted by Crippen LogP contribution is 2.16. The van der Waals surface area contributed by atoms with Crippen molar-refractivity contribution in [2.75, 3.05) is 0 Å². The van der Waals surface area contributed by atoms with Crippen molar-refractivity contribution in [1.29, 1.82) is 0 Å². The number of carbonyl (C=O) groups excluding carboxylic acids is 1. The first-order valence-corrected chi connectivity index (χ1v) is 4.90. The number of hydrogen-bond acceptors (Lipinski definition) is 1. The summed E-state index contributed by atoms with van der Waals surface area (Å²) in [6, 6.07) is 1.27. The van der Waals surface area contributed by atoms with Gasteiger partial charge in [-0.1, -0.05) is 12.2 Å². The fraction of sp³-hybridized carbons (Fsp3) is 0.250. The normalized spacial score (nSPS) is 10.9. The molecule has 0 aliphatic heterocycles. The third kappa shape index (κ3) is 3.53. The summed E-state index contributed by atoms with van der Waals surface area (Å²) in [6.07, 6.45) is 5.20. The van der Waals surface area contributed by atoms with Gasteiger partial charge in [-0.05, 0) is 12.8 Å². The van der Waals surface area contributed by atoms with Crippen molar-refractivity contribution in [3.8, 4) is 0 Å². The Bertz CT molecular complexity index is 376. The van der Waals surface area contributed by atoms with Crippen molar-refractivity contribution in [2.24, 2.45) is 0 Å². The molecule has 1 aromatic carbocycles. The van der Waals surface area contributed by atoms with Crippen LogP contribution in [0.3, 0.4) is 0 Å². The molecule has 16 heavy (non-hydrogen) atoms. The lowest BCUT2D eigenvalue weighted by Gasteiger charge is -1.99. The largest absolute Gasteiger partial charge is 0.303 e. The van der Waals surface area contributed by atoms with Crippen LogP contribution in [0.2, 0.25) is 0 Å². The molecule has 0 aliphatic rings. The summed E-state index contributed by atoms with van der Waals surface area (Å²) in [4.78, 5) is 10.00. The maximum absolute atomic E-state index is 13.1. The van der Waals surface area contributed by atoms with Gasteiger partial charge >= 0.3 is 0 Å². The van der Waals surface area contributed by atoms with E-state index in [1.165, 1.54) is 6.08 Å². The Hall–Kier alpha value is -1.58. The molecule has 0 radical (unpaired) electrons.